The number of nitrogens with zero attached hydrogens (tertiary/aromatic N) is 2. The van der Waals surface area contributed by atoms with Crippen LogP contribution in [0.25, 0.3) is 10.9 Å². The summed E-state index contributed by atoms with van der Waals surface area (Å²) >= 11 is 0. The molecule has 0 fully saturated rings. The molecule has 3 aromatic rings. The Morgan fingerprint density at radius 2 is 1.80 bits per heavy atom. The smallest absolute Gasteiger partial charge is 0.344 e. The van der Waals surface area contributed by atoms with Crippen molar-refractivity contribution in [2.24, 2.45) is 7.05 Å². The number of benzene rings is 1. The predicted molar refractivity (Wildman–Crippen MR) is 114 cm³/mol. The first-order chi connectivity index (χ1) is 14.2. The number of esters is 1. The second-order valence-corrected chi connectivity index (χ2v) is 7.45. The van der Waals surface area contributed by atoms with E-state index >= 15 is 0 Å². The molecule has 0 amide bonds. The Labute approximate surface area is 196 Å². The van der Waals surface area contributed by atoms with Crippen molar-refractivity contribution in [3.05, 3.63) is 60.6 Å². The molecule has 6 heteroatoms. The topological polar surface area (TPSA) is 44.3 Å². The third kappa shape index (κ3) is 7.00. The molecule has 0 aliphatic heterocycles. The minimum absolute atomic E-state index is 0. The lowest BCUT2D eigenvalue weighted by atomic mass is 10.1. The van der Waals surface area contributed by atoms with Gasteiger partial charge in [-0.25, -0.2) is 9.36 Å². The summed E-state index contributed by atoms with van der Waals surface area (Å²) in [4.78, 5) is 12.0. The first kappa shape index (κ1) is 24.2. The first-order valence-electron chi connectivity index (χ1n) is 10.4. The van der Waals surface area contributed by atoms with Crippen molar-refractivity contribution in [2.45, 2.75) is 45.1 Å². The van der Waals surface area contributed by atoms with Gasteiger partial charge in [0.25, 0.3) is 0 Å². The fourth-order valence-corrected chi connectivity index (χ4v) is 3.55. The van der Waals surface area contributed by atoms with Crippen molar-refractivity contribution in [2.75, 3.05) is 13.7 Å². The molecule has 1 aromatic carbocycles. The maximum absolute atomic E-state index is 12.0. The lowest BCUT2D eigenvalue weighted by molar-refractivity contribution is -0.671. The van der Waals surface area contributed by atoms with E-state index in [9.17, 15) is 4.79 Å². The highest BCUT2D eigenvalue weighted by molar-refractivity contribution is 5.88. The fourth-order valence-electron chi connectivity index (χ4n) is 3.55. The molecule has 0 radical (unpaired) electrons. The molecule has 0 spiro atoms. The molecule has 0 bridgehead atoms. The number of aryl methyl sites for hydroxylation is 2. The van der Waals surface area contributed by atoms with Crippen LogP contribution in [0.4, 0.5) is 0 Å². The molecular weight excluding hydrogens is 491 g/mol. The summed E-state index contributed by atoms with van der Waals surface area (Å²) in [5, 5.41) is 1.23. The SMILES string of the molecule is COc1ccc2c(ccn2CCCCCCCCOC(=O)c2ccc[n+](C)c2)c1.[I-]. The van der Waals surface area contributed by atoms with Crippen LogP contribution in [0.15, 0.2) is 55.0 Å². The van der Waals surface area contributed by atoms with Crippen molar-refractivity contribution < 1.29 is 42.8 Å². The highest BCUT2D eigenvalue weighted by Crippen LogP contribution is 2.22. The predicted octanol–water partition coefficient (Wildman–Crippen LogP) is 1.68. The molecule has 0 N–H and O–H groups in total. The maximum Gasteiger partial charge on any atom is 0.344 e. The van der Waals surface area contributed by atoms with Gasteiger partial charge < -0.3 is 38.0 Å². The van der Waals surface area contributed by atoms with Crippen LogP contribution in [-0.2, 0) is 18.3 Å². The Bertz CT molecular complexity index is 939. The monoisotopic (exact) mass is 522 g/mol. The van der Waals surface area contributed by atoms with Crippen LogP contribution >= 0.6 is 0 Å². The summed E-state index contributed by atoms with van der Waals surface area (Å²) in [6, 6.07) is 12.0. The van der Waals surface area contributed by atoms with Crippen molar-refractivity contribution >= 4 is 16.9 Å². The maximum atomic E-state index is 12.0. The Kier molecular flexibility index (Phi) is 10.1. The van der Waals surface area contributed by atoms with E-state index < -0.39 is 0 Å². The van der Waals surface area contributed by atoms with Crippen LogP contribution in [0.3, 0.4) is 0 Å². The lowest BCUT2D eigenvalue weighted by Crippen LogP contribution is -3.00. The average Bonchev–Trinajstić information content (AvgIpc) is 3.14. The molecule has 0 atom stereocenters. The first-order valence-corrected chi connectivity index (χ1v) is 10.4. The van der Waals surface area contributed by atoms with Crippen LogP contribution < -0.4 is 33.3 Å². The lowest BCUT2D eigenvalue weighted by Gasteiger charge is -2.07. The number of carbonyl (C=O) groups excluding carboxylic acids is 1. The third-order valence-electron chi connectivity index (χ3n) is 5.18. The molecule has 3 rings (SSSR count). The van der Waals surface area contributed by atoms with E-state index in [2.05, 4.69) is 29.0 Å². The third-order valence-corrected chi connectivity index (χ3v) is 5.18. The van der Waals surface area contributed by atoms with E-state index in [1.807, 2.05) is 29.9 Å². The quantitative estimate of drug-likeness (QED) is 0.167. The van der Waals surface area contributed by atoms with Gasteiger partial charge in [-0.05, 0) is 43.2 Å². The highest BCUT2D eigenvalue weighted by atomic mass is 127. The molecule has 0 unspecified atom stereocenters. The van der Waals surface area contributed by atoms with E-state index in [4.69, 9.17) is 9.47 Å². The Morgan fingerprint density at radius 3 is 2.57 bits per heavy atom. The van der Waals surface area contributed by atoms with Crippen LogP contribution in [0.1, 0.15) is 48.9 Å². The molecule has 30 heavy (non-hydrogen) atoms. The van der Waals surface area contributed by atoms with E-state index in [1.54, 1.807) is 19.4 Å². The number of methoxy groups -OCH3 is 1. The molecule has 2 aromatic heterocycles. The molecule has 162 valence electrons. The average molecular weight is 522 g/mol. The number of unbranched alkanes of at least 4 members (excludes halogenated alkanes) is 5. The molecular formula is C24H31IN2O3. The Morgan fingerprint density at radius 1 is 1.03 bits per heavy atom. The van der Waals surface area contributed by atoms with Gasteiger partial charge in [0.2, 0.25) is 0 Å². The molecule has 0 saturated carbocycles. The summed E-state index contributed by atoms with van der Waals surface area (Å²) in [6.45, 7) is 1.54. The zero-order chi connectivity index (χ0) is 20.5. The number of hydrogen-bond acceptors (Lipinski definition) is 3. The molecule has 5 nitrogen and oxygen atoms in total. The van der Waals surface area contributed by atoms with Gasteiger partial charge in [-0.15, -0.1) is 0 Å². The highest BCUT2D eigenvalue weighted by Gasteiger charge is 2.10. The van der Waals surface area contributed by atoms with E-state index in [-0.39, 0.29) is 29.9 Å². The van der Waals surface area contributed by atoms with Gasteiger partial charge in [0, 0.05) is 29.7 Å². The normalized spacial score (nSPS) is 10.6. The second-order valence-electron chi connectivity index (χ2n) is 7.45. The summed E-state index contributed by atoms with van der Waals surface area (Å²) in [7, 11) is 3.60. The van der Waals surface area contributed by atoms with E-state index in [1.165, 1.54) is 36.6 Å². The Balaban J connectivity index is 0.00000320. The number of hydrogen-bond donors (Lipinski definition) is 0. The summed E-state index contributed by atoms with van der Waals surface area (Å²) < 4.78 is 14.8. The molecule has 0 saturated heterocycles. The van der Waals surface area contributed by atoms with Crippen LogP contribution in [0.5, 0.6) is 5.75 Å². The van der Waals surface area contributed by atoms with Gasteiger partial charge in [-0.2, -0.15) is 0 Å². The fraction of sp³-hybridized carbons (Fsp3) is 0.417. The number of carbonyl (C=O) groups is 1. The number of fused-ring (bicyclic) bond motifs is 1. The van der Waals surface area contributed by atoms with Gasteiger partial charge in [0.1, 0.15) is 18.4 Å². The summed E-state index contributed by atoms with van der Waals surface area (Å²) in [6.07, 6.45) is 12.7. The van der Waals surface area contributed by atoms with Gasteiger partial charge in [-0.1, -0.05) is 25.7 Å². The van der Waals surface area contributed by atoms with Crippen LogP contribution in [0, 0.1) is 0 Å². The number of halogens is 1. The van der Waals surface area contributed by atoms with E-state index in [0.29, 0.717) is 12.2 Å². The number of pyridine rings is 1. The second kappa shape index (κ2) is 12.6. The standard InChI is InChI=1S/C24H31N2O3.HI/c1-25-14-9-10-21(19-25)24(27)29-17-8-6-4-3-5-7-15-26-16-13-20-18-22(28-2)11-12-23(20)26;/h9-14,16,18-19H,3-8,15,17H2,1-2H3;1H/q+1;/p-1. The number of aromatic nitrogens is 2. The zero-order valence-corrected chi connectivity index (χ0v) is 20.0. The van der Waals surface area contributed by atoms with Crippen LogP contribution in [-0.4, -0.2) is 24.3 Å². The van der Waals surface area contributed by atoms with Crippen LogP contribution in [0.2, 0.25) is 0 Å². The zero-order valence-electron chi connectivity index (χ0n) is 17.9. The minimum Gasteiger partial charge on any atom is -1.00 e. The molecule has 2 heterocycles. The van der Waals surface area contributed by atoms with Crippen molar-refractivity contribution in [3.63, 3.8) is 0 Å². The van der Waals surface area contributed by atoms with Crippen molar-refractivity contribution in [3.8, 4) is 5.75 Å². The number of rotatable bonds is 11. The number of ether oxygens (including phenoxy) is 2. The van der Waals surface area contributed by atoms with Gasteiger partial charge >= 0.3 is 5.97 Å². The Hall–Kier alpha value is -2.09. The summed E-state index contributed by atoms with van der Waals surface area (Å²) in [5.41, 5.74) is 1.87. The van der Waals surface area contributed by atoms with E-state index in [0.717, 1.165) is 25.1 Å². The summed E-state index contributed by atoms with van der Waals surface area (Å²) in [5.74, 6) is 0.663. The van der Waals surface area contributed by atoms with Gasteiger partial charge in [0.15, 0.2) is 12.4 Å². The van der Waals surface area contributed by atoms with Crippen molar-refractivity contribution in [1.82, 2.24) is 4.57 Å². The molecule has 0 aliphatic carbocycles. The largest absolute Gasteiger partial charge is 1.00 e. The van der Waals surface area contributed by atoms with Gasteiger partial charge in [-0.3, -0.25) is 0 Å². The van der Waals surface area contributed by atoms with Crippen molar-refractivity contribution in [1.29, 1.82) is 0 Å². The molecule has 0 aliphatic rings. The minimum atomic E-state index is -0.238. The van der Waals surface area contributed by atoms with Gasteiger partial charge in [0.05, 0.1) is 13.7 Å².